The van der Waals surface area contributed by atoms with Crippen LogP contribution in [0, 0.1) is 11.3 Å². The highest BCUT2D eigenvalue weighted by atomic mass is 32.1. The van der Waals surface area contributed by atoms with Crippen LogP contribution in [0.15, 0.2) is 78.9 Å². The predicted molar refractivity (Wildman–Crippen MR) is 120 cm³/mol. The molecule has 3 aromatic carbocycles. The van der Waals surface area contributed by atoms with E-state index in [9.17, 15) is 10.1 Å². The normalized spacial score (nSPS) is 11.1. The number of allylic oxidation sites excluding steroid dienone is 1. The van der Waals surface area contributed by atoms with Crippen LogP contribution in [0.2, 0.25) is 0 Å². The largest absolute Gasteiger partial charge is 0.483 e. The van der Waals surface area contributed by atoms with Crippen molar-refractivity contribution < 1.29 is 9.53 Å². The molecule has 0 radical (unpaired) electrons. The lowest BCUT2D eigenvalue weighted by atomic mass is 10.1. The predicted octanol–water partition coefficient (Wildman–Crippen LogP) is 5.38. The van der Waals surface area contributed by atoms with Crippen molar-refractivity contribution in [2.45, 2.75) is 0 Å². The zero-order chi connectivity index (χ0) is 20.8. The number of hydrogen-bond acceptors (Lipinski definition) is 5. The number of nitriles is 1. The van der Waals surface area contributed by atoms with Gasteiger partial charge in [-0.1, -0.05) is 48.5 Å². The molecule has 30 heavy (non-hydrogen) atoms. The number of para-hydroxylation sites is 3. The third-order valence-electron chi connectivity index (χ3n) is 4.28. The minimum atomic E-state index is -0.258. The van der Waals surface area contributed by atoms with Crippen LogP contribution >= 0.6 is 11.3 Å². The van der Waals surface area contributed by atoms with Crippen LogP contribution in [-0.4, -0.2) is 17.5 Å². The van der Waals surface area contributed by atoms with Crippen LogP contribution in [0.4, 0.5) is 5.69 Å². The molecule has 0 spiro atoms. The Balaban J connectivity index is 1.53. The van der Waals surface area contributed by atoms with Gasteiger partial charge in [-0.25, -0.2) is 4.98 Å². The van der Waals surface area contributed by atoms with Crippen molar-refractivity contribution in [3.05, 3.63) is 89.4 Å². The molecule has 1 aromatic heterocycles. The average molecular weight is 411 g/mol. The Morgan fingerprint density at radius 2 is 1.77 bits per heavy atom. The summed E-state index contributed by atoms with van der Waals surface area (Å²) in [7, 11) is 0. The number of carbonyl (C=O) groups excluding carboxylic acids is 1. The van der Waals surface area contributed by atoms with E-state index >= 15 is 0 Å². The topological polar surface area (TPSA) is 75.0 Å². The number of nitrogens with one attached hydrogen (secondary N) is 1. The molecule has 1 amide bonds. The van der Waals surface area contributed by atoms with Gasteiger partial charge < -0.3 is 10.1 Å². The van der Waals surface area contributed by atoms with Gasteiger partial charge in [0.2, 0.25) is 0 Å². The van der Waals surface area contributed by atoms with Crippen molar-refractivity contribution in [3.8, 4) is 11.8 Å². The highest BCUT2D eigenvalue weighted by molar-refractivity contribution is 7.19. The van der Waals surface area contributed by atoms with Crippen molar-refractivity contribution in [1.82, 2.24) is 4.98 Å². The summed E-state index contributed by atoms with van der Waals surface area (Å²) in [5, 5.41) is 13.1. The van der Waals surface area contributed by atoms with E-state index in [-0.39, 0.29) is 12.5 Å². The van der Waals surface area contributed by atoms with Gasteiger partial charge in [-0.15, -0.1) is 11.3 Å². The summed E-state index contributed by atoms with van der Waals surface area (Å²) < 4.78 is 6.75. The molecule has 0 bridgehead atoms. The minimum Gasteiger partial charge on any atom is -0.483 e. The van der Waals surface area contributed by atoms with Gasteiger partial charge in [0, 0.05) is 11.3 Å². The number of carbonyl (C=O) groups is 1. The van der Waals surface area contributed by atoms with Crippen molar-refractivity contribution in [3.63, 3.8) is 0 Å². The summed E-state index contributed by atoms with van der Waals surface area (Å²) in [5.41, 5.74) is 2.73. The minimum absolute atomic E-state index is 0.136. The van der Waals surface area contributed by atoms with E-state index in [1.807, 2.05) is 72.8 Å². The van der Waals surface area contributed by atoms with Crippen molar-refractivity contribution >= 4 is 44.8 Å². The van der Waals surface area contributed by atoms with Gasteiger partial charge in [0.15, 0.2) is 6.61 Å². The Labute approximate surface area is 177 Å². The SMILES string of the molecule is N#CC(=Cc1ccccc1OCC(=O)Nc1ccccc1)c1nc2ccccc2s1. The van der Waals surface area contributed by atoms with E-state index in [2.05, 4.69) is 16.4 Å². The van der Waals surface area contributed by atoms with E-state index in [4.69, 9.17) is 4.74 Å². The lowest BCUT2D eigenvalue weighted by Gasteiger charge is -2.10. The second-order valence-corrected chi connectivity index (χ2v) is 7.43. The maximum absolute atomic E-state index is 12.2. The number of hydrogen-bond donors (Lipinski definition) is 1. The number of amides is 1. The molecule has 4 aromatic rings. The van der Waals surface area contributed by atoms with Crippen LogP contribution in [0.1, 0.15) is 10.6 Å². The first-order valence-corrected chi connectivity index (χ1v) is 10.1. The number of anilines is 1. The molecule has 1 heterocycles. The van der Waals surface area contributed by atoms with E-state index in [1.165, 1.54) is 11.3 Å². The molecule has 0 aliphatic carbocycles. The highest BCUT2D eigenvalue weighted by Crippen LogP contribution is 2.30. The molecular formula is C24H17N3O2S. The maximum atomic E-state index is 12.2. The van der Waals surface area contributed by atoms with E-state index in [0.717, 1.165) is 10.2 Å². The number of fused-ring (bicyclic) bond motifs is 1. The van der Waals surface area contributed by atoms with Crippen LogP contribution in [-0.2, 0) is 4.79 Å². The Kier molecular flexibility index (Phi) is 5.83. The molecular weight excluding hydrogens is 394 g/mol. The lowest BCUT2D eigenvalue weighted by molar-refractivity contribution is -0.118. The van der Waals surface area contributed by atoms with E-state index in [1.54, 1.807) is 12.1 Å². The molecule has 146 valence electrons. The van der Waals surface area contributed by atoms with Crippen LogP contribution in [0.3, 0.4) is 0 Å². The Bertz CT molecular complexity index is 1220. The molecule has 5 nitrogen and oxygen atoms in total. The summed E-state index contributed by atoms with van der Waals surface area (Å²) in [5.74, 6) is 0.265. The summed E-state index contributed by atoms with van der Waals surface area (Å²) in [6, 6.07) is 26.5. The quantitative estimate of drug-likeness (QED) is 0.432. The van der Waals surface area contributed by atoms with Gasteiger partial charge in [0.1, 0.15) is 16.8 Å². The molecule has 4 rings (SSSR count). The Hall–Kier alpha value is -3.95. The monoisotopic (exact) mass is 411 g/mol. The maximum Gasteiger partial charge on any atom is 0.262 e. The number of aromatic nitrogens is 1. The fourth-order valence-corrected chi connectivity index (χ4v) is 3.81. The number of ether oxygens (including phenoxy) is 1. The summed E-state index contributed by atoms with van der Waals surface area (Å²) in [6.45, 7) is -0.136. The van der Waals surface area contributed by atoms with Gasteiger partial charge in [0.25, 0.3) is 5.91 Å². The molecule has 0 saturated carbocycles. The van der Waals surface area contributed by atoms with Gasteiger partial charge in [-0.05, 0) is 36.4 Å². The molecule has 1 N–H and O–H groups in total. The van der Waals surface area contributed by atoms with Gasteiger partial charge in [-0.3, -0.25) is 4.79 Å². The highest BCUT2D eigenvalue weighted by Gasteiger charge is 2.11. The smallest absolute Gasteiger partial charge is 0.262 e. The van der Waals surface area contributed by atoms with Crippen LogP contribution in [0.25, 0.3) is 21.9 Å². The number of nitrogens with zero attached hydrogens (tertiary/aromatic N) is 2. The standard InChI is InChI=1S/C24H17N3O2S/c25-15-18(24-27-20-11-5-7-13-22(20)30-24)14-17-8-4-6-12-21(17)29-16-23(28)26-19-9-2-1-3-10-19/h1-14H,16H2,(H,26,28). The fourth-order valence-electron chi connectivity index (χ4n) is 2.88. The van der Waals surface area contributed by atoms with Gasteiger partial charge in [0.05, 0.1) is 15.8 Å². The lowest BCUT2D eigenvalue weighted by Crippen LogP contribution is -2.20. The molecule has 0 unspecified atom stereocenters. The summed E-state index contributed by atoms with van der Waals surface area (Å²) in [6.07, 6.45) is 1.74. The van der Waals surface area contributed by atoms with Crippen molar-refractivity contribution in [2.75, 3.05) is 11.9 Å². The van der Waals surface area contributed by atoms with E-state index in [0.29, 0.717) is 27.6 Å². The van der Waals surface area contributed by atoms with Crippen molar-refractivity contribution in [1.29, 1.82) is 5.26 Å². The second-order valence-electron chi connectivity index (χ2n) is 6.40. The first kappa shape index (κ1) is 19.4. The molecule has 0 saturated heterocycles. The van der Waals surface area contributed by atoms with Crippen LogP contribution in [0.5, 0.6) is 5.75 Å². The number of thiazole rings is 1. The molecule has 0 fully saturated rings. The van der Waals surface area contributed by atoms with E-state index < -0.39 is 0 Å². The molecule has 0 aliphatic heterocycles. The first-order valence-electron chi connectivity index (χ1n) is 9.27. The fraction of sp³-hybridized carbons (Fsp3) is 0.0417. The zero-order valence-electron chi connectivity index (χ0n) is 15.9. The molecule has 0 aliphatic rings. The zero-order valence-corrected chi connectivity index (χ0v) is 16.7. The summed E-state index contributed by atoms with van der Waals surface area (Å²) in [4.78, 5) is 16.7. The third-order valence-corrected chi connectivity index (χ3v) is 5.35. The van der Waals surface area contributed by atoms with Crippen molar-refractivity contribution in [2.24, 2.45) is 0 Å². The number of benzene rings is 3. The average Bonchev–Trinajstić information content (AvgIpc) is 3.21. The number of rotatable bonds is 6. The van der Waals surface area contributed by atoms with Gasteiger partial charge in [-0.2, -0.15) is 5.26 Å². The summed E-state index contributed by atoms with van der Waals surface area (Å²) >= 11 is 1.47. The molecule has 6 heteroatoms. The van der Waals surface area contributed by atoms with Gasteiger partial charge >= 0.3 is 0 Å². The molecule has 0 atom stereocenters. The third kappa shape index (κ3) is 4.54. The van der Waals surface area contributed by atoms with Crippen LogP contribution < -0.4 is 10.1 Å². The first-order chi connectivity index (χ1) is 14.7. The Morgan fingerprint density at radius 3 is 2.57 bits per heavy atom. The Morgan fingerprint density at radius 1 is 1.03 bits per heavy atom. The second kappa shape index (κ2) is 9.03.